The van der Waals surface area contributed by atoms with Crippen LogP contribution in [0, 0.1) is 0 Å². The first-order valence-electron chi connectivity index (χ1n) is 6.70. The van der Waals surface area contributed by atoms with Crippen LogP contribution in [0.15, 0.2) is 35.4 Å². The molecule has 0 unspecified atom stereocenters. The highest BCUT2D eigenvalue weighted by atomic mass is 32.2. The molecular formula is C15H12F3NO2S. The van der Waals surface area contributed by atoms with Crippen molar-refractivity contribution in [1.82, 2.24) is 4.98 Å². The third-order valence-corrected chi connectivity index (χ3v) is 5.43. The Labute approximate surface area is 128 Å². The van der Waals surface area contributed by atoms with Crippen molar-refractivity contribution >= 4 is 28.6 Å². The summed E-state index contributed by atoms with van der Waals surface area (Å²) < 4.78 is 37.7. The fourth-order valence-electron chi connectivity index (χ4n) is 2.45. The zero-order valence-corrected chi connectivity index (χ0v) is 12.2. The standard InChI is InChI=1S/C15H12F3NO2S/c16-15(17,18)9-2-3-11-10(8-9)12(4-7-19-11)22-14(13(20)21)5-1-6-14/h2-4,7-8H,1,5-6H2,(H,20,21). The molecule has 116 valence electrons. The number of nitrogens with zero attached hydrogens (tertiary/aromatic N) is 1. The average Bonchev–Trinajstić information content (AvgIpc) is 2.41. The molecule has 3 rings (SSSR count). The van der Waals surface area contributed by atoms with Crippen LogP contribution >= 0.6 is 11.8 Å². The molecule has 1 heterocycles. The maximum absolute atomic E-state index is 12.9. The third kappa shape index (κ3) is 2.54. The summed E-state index contributed by atoms with van der Waals surface area (Å²) in [5, 5.41) is 9.73. The van der Waals surface area contributed by atoms with Gasteiger partial charge in [-0.05, 0) is 43.5 Å². The molecule has 1 fully saturated rings. The van der Waals surface area contributed by atoms with Crippen LogP contribution in [0.25, 0.3) is 10.9 Å². The minimum absolute atomic E-state index is 0.342. The molecule has 3 nitrogen and oxygen atoms in total. The molecular weight excluding hydrogens is 315 g/mol. The zero-order valence-electron chi connectivity index (χ0n) is 11.4. The Morgan fingerprint density at radius 1 is 1.27 bits per heavy atom. The van der Waals surface area contributed by atoms with E-state index < -0.39 is 22.5 Å². The minimum Gasteiger partial charge on any atom is -0.480 e. The normalized spacial score (nSPS) is 17.2. The number of carbonyl (C=O) groups is 1. The number of rotatable bonds is 3. The summed E-state index contributed by atoms with van der Waals surface area (Å²) in [6.07, 6.45) is -1.08. The first-order valence-corrected chi connectivity index (χ1v) is 7.52. The monoisotopic (exact) mass is 327 g/mol. The van der Waals surface area contributed by atoms with Crippen LogP contribution in [0.1, 0.15) is 24.8 Å². The number of aromatic nitrogens is 1. The van der Waals surface area contributed by atoms with E-state index in [1.165, 1.54) is 12.3 Å². The number of thioether (sulfide) groups is 1. The van der Waals surface area contributed by atoms with Gasteiger partial charge >= 0.3 is 12.1 Å². The molecule has 1 aliphatic rings. The van der Waals surface area contributed by atoms with Crippen molar-refractivity contribution in [1.29, 1.82) is 0 Å². The molecule has 7 heteroatoms. The van der Waals surface area contributed by atoms with Gasteiger partial charge in [0, 0.05) is 16.5 Å². The Morgan fingerprint density at radius 2 is 2.00 bits per heavy atom. The van der Waals surface area contributed by atoms with E-state index in [9.17, 15) is 23.1 Å². The quantitative estimate of drug-likeness (QED) is 0.910. The molecule has 2 aromatic rings. The topological polar surface area (TPSA) is 50.2 Å². The van der Waals surface area contributed by atoms with E-state index in [1.54, 1.807) is 6.07 Å². The molecule has 1 aromatic heterocycles. The van der Waals surface area contributed by atoms with E-state index in [0.717, 1.165) is 30.3 Å². The van der Waals surface area contributed by atoms with Crippen LogP contribution in [0.3, 0.4) is 0 Å². The summed E-state index contributed by atoms with van der Waals surface area (Å²) in [4.78, 5) is 16.0. The van der Waals surface area contributed by atoms with Gasteiger partial charge in [-0.25, -0.2) is 0 Å². The van der Waals surface area contributed by atoms with Gasteiger partial charge in [0.2, 0.25) is 0 Å². The molecule has 22 heavy (non-hydrogen) atoms. The van der Waals surface area contributed by atoms with E-state index in [1.807, 2.05) is 0 Å². The molecule has 0 saturated heterocycles. The van der Waals surface area contributed by atoms with Crippen molar-refractivity contribution in [3.8, 4) is 0 Å². The van der Waals surface area contributed by atoms with Crippen LogP contribution in [0.4, 0.5) is 13.2 Å². The van der Waals surface area contributed by atoms with Gasteiger partial charge in [0.25, 0.3) is 0 Å². The van der Waals surface area contributed by atoms with E-state index in [2.05, 4.69) is 4.98 Å². The van der Waals surface area contributed by atoms with Gasteiger partial charge in [0.15, 0.2) is 0 Å². The van der Waals surface area contributed by atoms with E-state index in [4.69, 9.17) is 0 Å². The predicted molar refractivity (Wildman–Crippen MR) is 76.8 cm³/mol. The Morgan fingerprint density at radius 3 is 2.55 bits per heavy atom. The number of benzene rings is 1. The zero-order chi connectivity index (χ0) is 16.0. The van der Waals surface area contributed by atoms with Gasteiger partial charge in [-0.1, -0.05) is 0 Å². The molecule has 1 saturated carbocycles. The summed E-state index contributed by atoms with van der Waals surface area (Å²) in [6.45, 7) is 0. The number of carboxylic acids is 1. The number of hydrogen-bond donors (Lipinski definition) is 1. The second-order valence-corrected chi connectivity index (χ2v) is 6.72. The Hall–Kier alpha value is -1.76. The lowest BCUT2D eigenvalue weighted by atomic mass is 9.84. The van der Waals surface area contributed by atoms with Crippen LogP contribution in [0.2, 0.25) is 0 Å². The number of hydrogen-bond acceptors (Lipinski definition) is 3. The highest BCUT2D eigenvalue weighted by molar-refractivity contribution is 8.01. The Bertz CT molecular complexity index is 741. The average molecular weight is 327 g/mol. The number of pyridine rings is 1. The molecule has 0 bridgehead atoms. The number of fused-ring (bicyclic) bond motifs is 1. The first kappa shape index (κ1) is 15.1. The number of aliphatic carboxylic acids is 1. The van der Waals surface area contributed by atoms with Crippen molar-refractivity contribution in [3.05, 3.63) is 36.0 Å². The Balaban J connectivity index is 2.07. The highest BCUT2D eigenvalue weighted by Gasteiger charge is 2.45. The molecule has 0 spiro atoms. The molecule has 0 amide bonds. The lowest BCUT2D eigenvalue weighted by Crippen LogP contribution is -2.41. The number of carboxylic acid groups (broad SMARTS) is 1. The molecule has 1 aliphatic carbocycles. The first-order chi connectivity index (χ1) is 10.3. The van der Waals surface area contributed by atoms with Crippen molar-refractivity contribution in [2.45, 2.75) is 35.1 Å². The summed E-state index contributed by atoms with van der Waals surface area (Å²) in [7, 11) is 0. The Kier molecular flexibility index (Phi) is 3.55. The predicted octanol–water partition coefficient (Wildman–Crippen LogP) is 4.35. The van der Waals surface area contributed by atoms with Gasteiger partial charge in [-0.2, -0.15) is 13.2 Å². The number of halogens is 3. The molecule has 1 aromatic carbocycles. The van der Waals surface area contributed by atoms with Crippen molar-refractivity contribution in [3.63, 3.8) is 0 Å². The second kappa shape index (κ2) is 5.15. The summed E-state index contributed by atoms with van der Waals surface area (Å²) in [5.74, 6) is -0.916. The summed E-state index contributed by atoms with van der Waals surface area (Å²) >= 11 is 1.13. The maximum atomic E-state index is 12.9. The molecule has 0 aliphatic heterocycles. The van der Waals surface area contributed by atoms with Crippen LogP contribution < -0.4 is 0 Å². The largest absolute Gasteiger partial charge is 0.480 e. The smallest absolute Gasteiger partial charge is 0.416 e. The third-order valence-electron chi connectivity index (χ3n) is 3.89. The van der Waals surface area contributed by atoms with Gasteiger partial charge < -0.3 is 5.11 Å². The van der Waals surface area contributed by atoms with Gasteiger partial charge in [0.05, 0.1) is 11.1 Å². The number of alkyl halides is 3. The second-order valence-electron chi connectivity index (χ2n) is 5.29. The van der Waals surface area contributed by atoms with Crippen molar-refractivity contribution in [2.24, 2.45) is 0 Å². The highest BCUT2D eigenvalue weighted by Crippen LogP contribution is 2.49. The molecule has 0 atom stereocenters. The van der Waals surface area contributed by atoms with Crippen molar-refractivity contribution < 1.29 is 23.1 Å². The van der Waals surface area contributed by atoms with Crippen LogP contribution in [-0.2, 0) is 11.0 Å². The summed E-state index contributed by atoms with van der Waals surface area (Å²) in [6, 6.07) is 4.92. The van der Waals surface area contributed by atoms with Gasteiger partial charge in [-0.3, -0.25) is 9.78 Å². The molecule has 1 N–H and O–H groups in total. The van der Waals surface area contributed by atoms with Crippen molar-refractivity contribution in [2.75, 3.05) is 0 Å². The SMILES string of the molecule is O=C(O)C1(Sc2ccnc3ccc(C(F)(F)F)cc23)CCC1. The van der Waals surface area contributed by atoms with Gasteiger partial charge in [0.1, 0.15) is 4.75 Å². The maximum Gasteiger partial charge on any atom is 0.416 e. The molecule has 0 radical (unpaired) electrons. The van der Waals surface area contributed by atoms with E-state index >= 15 is 0 Å². The van der Waals surface area contributed by atoms with E-state index in [-0.39, 0.29) is 0 Å². The van der Waals surface area contributed by atoms with E-state index in [0.29, 0.717) is 28.6 Å². The van der Waals surface area contributed by atoms with Crippen LogP contribution in [-0.4, -0.2) is 20.8 Å². The van der Waals surface area contributed by atoms with Gasteiger partial charge in [-0.15, -0.1) is 11.8 Å². The lowest BCUT2D eigenvalue weighted by Gasteiger charge is -2.37. The van der Waals surface area contributed by atoms with Crippen LogP contribution in [0.5, 0.6) is 0 Å². The lowest BCUT2D eigenvalue weighted by molar-refractivity contribution is -0.142. The summed E-state index contributed by atoms with van der Waals surface area (Å²) in [5.41, 5.74) is -0.328. The fraction of sp³-hybridized carbons (Fsp3) is 0.333. The minimum atomic E-state index is -4.44. The fourth-order valence-corrected chi connectivity index (χ4v) is 3.86.